The number of carbonyl (C=O) groups is 2. The van der Waals surface area contributed by atoms with Gasteiger partial charge in [-0.05, 0) is 69.5 Å². The molecular weight excluding hydrogens is 302 g/mol. The van der Waals surface area contributed by atoms with Crippen molar-refractivity contribution in [1.29, 1.82) is 0 Å². The molecule has 2 rings (SSSR count). The lowest BCUT2D eigenvalue weighted by Crippen LogP contribution is -2.29. The molecule has 0 aromatic heterocycles. The van der Waals surface area contributed by atoms with E-state index >= 15 is 0 Å². The Morgan fingerprint density at radius 2 is 1.75 bits per heavy atom. The summed E-state index contributed by atoms with van der Waals surface area (Å²) in [5.41, 5.74) is 2.13. The summed E-state index contributed by atoms with van der Waals surface area (Å²) in [7, 11) is 0. The monoisotopic (exact) mass is 331 g/mol. The highest BCUT2D eigenvalue weighted by atomic mass is 16.2. The smallest absolute Gasteiger partial charge is 0.253 e. The summed E-state index contributed by atoms with van der Waals surface area (Å²) in [6.07, 6.45) is 4.15. The van der Waals surface area contributed by atoms with Gasteiger partial charge in [0.2, 0.25) is 0 Å². The predicted molar refractivity (Wildman–Crippen MR) is 96.4 cm³/mol. The molecule has 2 N–H and O–H groups in total. The molecule has 0 atom stereocenters. The highest BCUT2D eigenvalue weighted by molar-refractivity contribution is 6.00. The van der Waals surface area contributed by atoms with Crippen LogP contribution in [0.1, 0.15) is 58.9 Å². The van der Waals surface area contributed by atoms with Gasteiger partial charge in [-0.2, -0.15) is 0 Å². The van der Waals surface area contributed by atoms with E-state index in [9.17, 15) is 9.59 Å². The third-order valence-corrected chi connectivity index (χ3v) is 4.22. The van der Waals surface area contributed by atoms with Gasteiger partial charge in [0.25, 0.3) is 11.8 Å². The van der Waals surface area contributed by atoms with E-state index in [1.807, 2.05) is 24.0 Å². The lowest BCUT2D eigenvalue weighted by Gasteiger charge is -2.16. The molecule has 0 aliphatic carbocycles. The van der Waals surface area contributed by atoms with E-state index < -0.39 is 0 Å². The topological polar surface area (TPSA) is 61.4 Å². The average Bonchev–Trinajstić information content (AvgIpc) is 3.11. The molecule has 0 radical (unpaired) electrons. The molecule has 5 nitrogen and oxygen atoms in total. The Labute approximate surface area is 144 Å². The number of amides is 2. The fourth-order valence-electron chi connectivity index (χ4n) is 2.96. The van der Waals surface area contributed by atoms with Crippen LogP contribution in [0, 0.1) is 6.92 Å². The van der Waals surface area contributed by atoms with Crippen molar-refractivity contribution in [3.63, 3.8) is 0 Å². The van der Waals surface area contributed by atoms with Crippen LogP contribution in [0.4, 0.5) is 0 Å². The number of aryl methyl sites for hydroxylation is 1. The zero-order valence-electron chi connectivity index (χ0n) is 14.9. The highest BCUT2D eigenvalue weighted by Crippen LogP contribution is 2.16. The quantitative estimate of drug-likeness (QED) is 0.719. The number of likely N-dealkylation sites (tertiary alicyclic amines) is 1. The number of carbonyl (C=O) groups excluding carboxylic acids is 2. The molecule has 1 aromatic carbocycles. The Morgan fingerprint density at radius 3 is 2.46 bits per heavy atom. The molecule has 1 aliphatic rings. The van der Waals surface area contributed by atoms with Crippen molar-refractivity contribution in [2.75, 3.05) is 32.7 Å². The molecule has 0 unspecified atom stereocenters. The second-order valence-corrected chi connectivity index (χ2v) is 6.45. The Hall–Kier alpha value is -1.88. The van der Waals surface area contributed by atoms with E-state index in [4.69, 9.17) is 0 Å². The lowest BCUT2D eigenvalue weighted by atomic mass is 10.0. The zero-order chi connectivity index (χ0) is 17.4. The summed E-state index contributed by atoms with van der Waals surface area (Å²) in [5, 5.41) is 6.25. The van der Waals surface area contributed by atoms with Gasteiger partial charge in [-0.15, -0.1) is 0 Å². The minimum atomic E-state index is -0.107. The Kier molecular flexibility index (Phi) is 7.25. The van der Waals surface area contributed by atoms with Gasteiger partial charge in [-0.3, -0.25) is 9.59 Å². The van der Waals surface area contributed by atoms with Gasteiger partial charge in [0.15, 0.2) is 0 Å². The molecule has 5 heteroatoms. The van der Waals surface area contributed by atoms with Crippen LogP contribution >= 0.6 is 0 Å². The maximum absolute atomic E-state index is 12.5. The zero-order valence-corrected chi connectivity index (χ0v) is 14.9. The van der Waals surface area contributed by atoms with Gasteiger partial charge >= 0.3 is 0 Å². The number of hydrogen-bond acceptors (Lipinski definition) is 3. The molecule has 1 saturated heterocycles. The number of rotatable bonds is 8. The van der Waals surface area contributed by atoms with E-state index in [0.717, 1.165) is 57.4 Å². The summed E-state index contributed by atoms with van der Waals surface area (Å²) in [4.78, 5) is 26.7. The van der Waals surface area contributed by atoms with Crippen molar-refractivity contribution in [2.45, 2.75) is 39.5 Å². The van der Waals surface area contributed by atoms with Crippen molar-refractivity contribution in [3.05, 3.63) is 34.9 Å². The van der Waals surface area contributed by atoms with Crippen LogP contribution < -0.4 is 10.6 Å². The van der Waals surface area contributed by atoms with Crippen molar-refractivity contribution in [3.8, 4) is 0 Å². The Balaban J connectivity index is 1.92. The molecule has 2 amide bonds. The maximum atomic E-state index is 12.5. The van der Waals surface area contributed by atoms with Crippen molar-refractivity contribution >= 4 is 11.8 Å². The van der Waals surface area contributed by atoms with Crippen LogP contribution in [0.2, 0.25) is 0 Å². The Morgan fingerprint density at radius 1 is 1.04 bits per heavy atom. The van der Waals surface area contributed by atoms with Crippen LogP contribution in [-0.4, -0.2) is 49.4 Å². The maximum Gasteiger partial charge on any atom is 0.253 e. The van der Waals surface area contributed by atoms with Crippen LogP contribution in [0.25, 0.3) is 0 Å². The van der Waals surface area contributed by atoms with Crippen LogP contribution in [0.15, 0.2) is 18.2 Å². The highest BCUT2D eigenvalue weighted by Gasteiger charge is 2.20. The standard InChI is InChI=1S/C19H29N3O2/c1-3-7-20-8-6-9-21-18(23)16-12-15(2)13-17(14-16)19(24)22-10-4-5-11-22/h12-14,20H,3-11H2,1-2H3,(H,21,23). The number of nitrogens with one attached hydrogen (secondary N) is 2. The van der Waals surface area contributed by atoms with E-state index in [0.29, 0.717) is 17.7 Å². The molecule has 1 heterocycles. The normalized spacial score (nSPS) is 14.0. The van der Waals surface area contributed by atoms with Crippen molar-refractivity contribution in [1.82, 2.24) is 15.5 Å². The molecule has 0 saturated carbocycles. The third-order valence-electron chi connectivity index (χ3n) is 4.22. The molecule has 1 aromatic rings. The number of benzene rings is 1. The van der Waals surface area contributed by atoms with Gasteiger partial charge in [0, 0.05) is 30.8 Å². The van der Waals surface area contributed by atoms with E-state index in [1.54, 1.807) is 6.07 Å². The van der Waals surface area contributed by atoms with E-state index in [2.05, 4.69) is 17.6 Å². The second kappa shape index (κ2) is 9.42. The van der Waals surface area contributed by atoms with Crippen LogP contribution in [-0.2, 0) is 0 Å². The van der Waals surface area contributed by atoms with Crippen molar-refractivity contribution < 1.29 is 9.59 Å². The molecule has 132 valence electrons. The van der Waals surface area contributed by atoms with Gasteiger partial charge < -0.3 is 15.5 Å². The molecule has 0 spiro atoms. The second-order valence-electron chi connectivity index (χ2n) is 6.45. The van der Waals surface area contributed by atoms with E-state index in [1.165, 1.54) is 0 Å². The van der Waals surface area contributed by atoms with Gasteiger partial charge in [-0.1, -0.05) is 6.92 Å². The number of hydrogen-bond donors (Lipinski definition) is 2. The molecular formula is C19H29N3O2. The van der Waals surface area contributed by atoms with Crippen LogP contribution in [0.5, 0.6) is 0 Å². The summed E-state index contributed by atoms with van der Waals surface area (Å²) in [5.74, 6) is -0.0707. The first-order valence-corrected chi connectivity index (χ1v) is 9.01. The first-order chi connectivity index (χ1) is 11.6. The largest absolute Gasteiger partial charge is 0.352 e. The fraction of sp³-hybridized carbons (Fsp3) is 0.579. The minimum absolute atomic E-state index is 0.0361. The van der Waals surface area contributed by atoms with E-state index in [-0.39, 0.29) is 11.8 Å². The SMILES string of the molecule is CCCNCCCNC(=O)c1cc(C)cc(C(=O)N2CCCC2)c1. The summed E-state index contributed by atoms with van der Waals surface area (Å²) < 4.78 is 0. The minimum Gasteiger partial charge on any atom is -0.352 e. The van der Waals surface area contributed by atoms with Gasteiger partial charge in [0.05, 0.1) is 0 Å². The number of nitrogens with zero attached hydrogens (tertiary/aromatic N) is 1. The lowest BCUT2D eigenvalue weighted by molar-refractivity contribution is 0.0792. The third kappa shape index (κ3) is 5.34. The first-order valence-electron chi connectivity index (χ1n) is 9.01. The molecule has 1 fully saturated rings. The predicted octanol–water partition coefficient (Wildman–Crippen LogP) is 2.35. The van der Waals surface area contributed by atoms with Gasteiger partial charge in [-0.25, -0.2) is 0 Å². The van der Waals surface area contributed by atoms with Crippen LogP contribution in [0.3, 0.4) is 0 Å². The first kappa shape index (κ1) is 18.5. The van der Waals surface area contributed by atoms with Crippen molar-refractivity contribution in [2.24, 2.45) is 0 Å². The molecule has 0 bridgehead atoms. The average molecular weight is 331 g/mol. The Bertz CT molecular complexity index is 566. The molecule has 24 heavy (non-hydrogen) atoms. The summed E-state index contributed by atoms with van der Waals surface area (Å²) in [6, 6.07) is 5.43. The fourth-order valence-corrected chi connectivity index (χ4v) is 2.96. The summed E-state index contributed by atoms with van der Waals surface area (Å²) >= 11 is 0. The summed E-state index contributed by atoms with van der Waals surface area (Å²) in [6.45, 7) is 8.24. The van der Waals surface area contributed by atoms with Gasteiger partial charge in [0.1, 0.15) is 0 Å². The molecule has 1 aliphatic heterocycles.